The third-order valence-corrected chi connectivity index (χ3v) is 2.82. The lowest BCUT2D eigenvalue weighted by atomic mass is 9.89. The molecular weight excluding hydrogens is 206 g/mol. The summed E-state index contributed by atoms with van der Waals surface area (Å²) in [6, 6.07) is 5.37. The second-order valence-electron chi connectivity index (χ2n) is 3.76. The van der Waals surface area contributed by atoms with E-state index in [0.29, 0.717) is 11.3 Å². The normalized spacial score (nSPS) is 16.9. The summed E-state index contributed by atoms with van der Waals surface area (Å²) in [6.07, 6.45) is 2.67. The monoisotopic (exact) mass is 219 g/mol. The molecule has 0 aromatic heterocycles. The summed E-state index contributed by atoms with van der Waals surface area (Å²) in [5, 5.41) is 12.2. The molecule has 1 aliphatic rings. The highest BCUT2D eigenvalue weighted by atomic mass is 16.5. The first-order valence-electron chi connectivity index (χ1n) is 5.19. The number of rotatable bonds is 1. The maximum absolute atomic E-state index is 11.4. The Labute approximate surface area is 93.5 Å². The summed E-state index contributed by atoms with van der Waals surface area (Å²) in [5.41, 5.74) is 3.11. The fraction of sp³-hybridized carbons (Fsp3) is 0.333. The summed E-state index contributed by atoms with van der Waals surface area (Å²) in [5.74, 6) is -0.370. The van der Waals surface area contributed by atoms with Gasteiger partial charge < -0.3 is 9.94 Å². The molecule has 0 fully saturated rings. The van der Waals surface area contributed by atoms with Gasteiger partial charge in [0.15, 0.2) is 0 Å². The quantitative estimate of drug-likeness (QED) is 0.446. The number of hydrogen-bond acceptors (Lipinski definition) is 4. The highest BCUT2D eigenvalue weighted by molar-refractivity contribution is 6.04. The Hall–Kier alpha value is -1.84. The number of methoxy groups -OCH3 is 1. The van der Waals surface area contributed by atoms with Crippen LogP contribution in [0.1, 0.15) is 34.3 Å². The SMILES string of the molecule is COC(=O)c1ccc2c(c1)C(=NO)CCC2. The maximum atomic E-state index is 11.4. The molecule has 0 unspecified atom stereocenters. The largest absolute Gasteiger partial charge is 0.465 e. The summed E-state index contributed by atoms with van der Waals surface area (Å²) in [6.45, 7) is 0. The highest BCUT2D eigenvalue weighted by Crippen LogP contribution is 2.23. The van der Waals surface area contributed by atoms with Crippen LogP contribution < -0.4 is 0 Å². The first kappa shape index (κ1) is 10.7. The van der Waals surface area contributed by atoms with Crippen LogP contribution in [-0.4, -0.2) is 24.0 Å². The van der Waals surface area contributed by atoms with Crippen molar-refractivity contribution in [1.82, 2.24) is 0 Å². The number of aryl methyl sites for hydroxylation is 1. The molecule has 4 heteroatoms. The minimum atomic E-state index is -0.370. The number of ether oxygens (including phenoxy) is 1. The number of fused-ring (bicyclic) bond motifs is 1. The fourth-order valence-electron chi connectivity index (χ4n) is 1.99. The minimum absolute atomic E-state index is 0.370. The predicted octanol–water partition coefficient (Wildman–Crippen LogP) is 1.99. The van der Waals surface area contributed by atoms with Crippen molar-refractivity contribution < 1.29 is 14.7 Å². The van der Waals surface area contributed by atoms with Crippen LogP contribution in [0.15, 0.2) is 23.4 Å². The first-order chi connectivity index (χ1) is 7.76. The number of benzene rings is 1. The molecule has 1 aromatic carbocycles. The van der Waals surface area contributed by atoms with Crippen molar-refractivity contribution in [1.29, 1.82) is 0 Å². The molecule has 0 atom stereocenters. The summed E-state index contributed by atoms with van der Waals surface area (Å²) in [4.78, 5) is 11.4. The molecule has 0 bridgehead atoms. The van der Waals surface area contributed by atoms with Gasteiger partial charge in [0.25, 0.3) is 0 Å². The van der Waals surface area contributed by atoms with Crippen LogP contribution >= 0.6 is 0 Å². The van der Waals surface area contributed by atoms with E-state index in [-0.39, 0.29) is 5.97 Å². The molecule has 1 N–H and O–H groups in total. The average molecular weight is 219 g/mol. The molecular formula is C12H13NO3. The summed E-state index contributed by atoms with van der Waals surface area (Å²) >= 11 is 0. The van der Waals surface area contributed by atoms with E-state index in [1.165, 1.54) is 7.11 Å². The van der Waals surface area contributed by atoms with Gasteiger partial charge in [0.2, 0.25) is 0 Å². The summed E-state index contributed by atoms with van der Waals surface area (Å²) in [7, 11) is 1.35. The van der Waals surface area contributed by atoms with Crippen LogP contribution in [0.25, 0.3) is 0 Å². The van der Waals surface area contributed by atoms with E-state index in [0.717, 1.165) is 30.4 Å². The average Bonchev–Trinajstić information content (AvgIpc) is 2.36. The van der Waals surface area contributed by atoms with Gasteiger partial charge in [-0.2, -0.15) is 0 Å². The van der Waals surface area contributed by atoms with E-state index >= 15 is 0 Å². The van der Waals surface area contributed by atoms with Crippen molar-refractivity contribution in [3.63, 3.8) is 0 Å². The molecule has 16 heavy (non-hydrogen) atoms. The smallest absolute Gasteiger partial charge is 0.337 e. The molecule has 0 spiro atoms. The van der Waals surface area contributed by atoms with Gasteiger partial charge in [0.05, 0.1) is 18.4 Å². The van der Waals surface area contributed by atoms with E-state index in [4.69, 9.17) is 5.21 Å². The second-order valence-corrected chi connectivity index (χ2v) is 3.76. The number of carbonyl (C=O) groups is 1. The zero-order chi connectivity index (χ0) is 11.5. The van der Waals surface area contributed by atoms with Crippen molar-refractivity contribution in [3.05, 3.63) is 34.9 Å². The Morgan fingerprint density at radius 1 is 1.44 bits per heavy atom. The lowest BCUT2D eigenvalue weighted by molar-refractivity contribution is 0.0600. The van der Waals surface area contributed by atoms with E-state index in [9.17, 15) is 4.79 Å². The third-order valence-electron chi connectivity index (χ3n) is 2.82. The molecule has 0 saturated carbocycles. The number of oxime groups is 1. The van der Waals surface area contributed by atoms with Crippen molar-refractivity contribution in [2.45, 2.75) is 19.3 Å². The molecule has 84 valence electrons. The lowest BCUT2D eigenvalue weighted by Crippen LogP contribution is -2.13. The summed E-state index contributed by atoms with van der Waals surface area (Å²) < 4.78 is 4.65. The van der Waals surface area contributed by atoms with Crippen LogP contribution in [0, 0.1) is 0 Å². The van der Waals surface area contributed by atoms with Crippen molar-refractivity contribution >= 4 is 11.7 Å². The highest BCUT2D eigenvalue weighted by Gasteiger charge is 2.18. The van der Waals surface area contributed by atoms with Crippen molar-refractivity contribution in [3.8, 4) is 0 Å². The molecule has 0 heterocycles. The zero-order valence-electron chi connectivity index (χ0n) is 9.06. The molecule has 0 radical (unpaired) electrons. The van der Waals surface area contributed by atoms with Crippen LogP contribution in [0.2, 0.25) is 0 Å². The molecule has 1 aliphatic carbocycles. The van der Waals surface area contributed by atoms with Gasteiger partial charge in [-0.15, -0.1) is 0 Å². The topological polar surface area (TPSA) is 58.9 Å². The van der Waals surface area contributed by atoms with Crippen LogP contribution in [-0.2, 0) is 11.2 Å². The van der Waals surface area contributed by atoms with Gasteiger partial charge in [-0.25, -0.2) is 4.79 Å². The third kappa shape index (κ3) is 1.78. The first-order valence-corrected chi connectivity index (χ1v) is 5.19. The molecule has 1 aromatic rings. The van der Waals surface area contributed by atoms with Crippen LogP contribution in [0.3, 0.4) is 0 Å². The fourth-order valence-corrected chi connectivity index (χ4v) is 1.99. The van der Waals surface area contributed by atoms with E-state index in [2.05, 4.69) is 9.89 Å². The van der Waals surface area contributed by atoms with Gasteiger partial charge in [-0.3, -0.25) is 0 Å². The number of hydrogen-bond donors (Lipinski definition) is 1. The van der Waals surface area contributed by atoms with Gasteiger partial charge in [-0.1, -0.05) is 11.2 Å². The Morgan fingerprint density at radius 3 is 2.94 bits per heavy atom. The predicted molar refractivity (Wildman–Crippen MR) is 59.0 cm³/mol. The van der Waals surface area contributed by atoms with E-state index in [1.807, 2.05) is 6.07 Å². The van der Waals surface area contributed by atoms with Gasteiger partial charge in [0.1, 0.15) is 0 Å². The number of nitrogens with zero attached hydrogens (tertiary/aromatic N) is 1. The van der Waals surface area contributed by atoms with Gasteiger partial charge >= 0.3 is 5.97 Å². The maximum Gasteiger partial charge on any atom is 0.337 e. The van der Waals surface area contributed by atoms with Gasteiger partial charge in [-0.05, 0) is 37.0 Å². The number of esters is 1. The molecule has 0 amide bonds. The zero-order valence-corrected chi connectivity index (χ0v) is 9.06. The van der Waals surface area contributed by atoms with Crippen LogP contribution in [0.5, 0.6) is 0 Å². The Kier molecular flexibility index (Phi) is 2.90. The lowest BCUT2D eigenvalue weighted by Gasteiger charge is -2.17. The second kappa shape index (κ2) is 4.35. The van der Waals surface area contributed by atoms with Crippen molar-refractivity contribution in [2.24, 2.45) is 5.16 Å². The van der Waals surface area contributed by atoms with Crippen molar-refractivity contribution in [2.75, 3.05) is 7.11 Å². The molecule has 0 aliphatic heterocycles. The number of carbonyl (C=O) groups excluding carboxylic acids is 1. The van der Waals surface area contributed by atoms with E-state index in [1.54, 1.807) is 12.1 Å². The molecule has 0 saturated heterocycles. The molecule has 4 nitrogen and oxygen atoms in total. The Bertz CT molecular complexity index is 452. The molecule has 2 rings (SSSR count). The Morgan fingerprint density at radius 2 is 2.25 bits per heavy atom. The Balaban J connectivity index is 2.47. The van der Waals surface area contributed by atoms with Gasteiger partial charge in [0, 0.05) is 5.56 Å². The standard InChI is InChI=1S/C12H13NO3/c1-16-12(14)9-6-5-8-3-2-4-11(13-15)10(8)7-9/h5-7,15H,2-4H2,1H3. The van der Waals surface area contributed by atoms with E-state index < -0.39 is 0 Å². The van der Waals surface area contributed by atoms with Crippen LogP contribution in [0.4, 0.5) is 0 Å². The minimum Gasteiger partial charge on any atom is -0.465 e.